The van der Waals surface area contributed by atoms with Gasteiger partial charge in [0.15, 0.2) is 5.11 Å². The molecule has 27 heavy (non-hydrogen) atoms. The fourth-order valence-electron chi connectivity index (χ4n) is 2.90. The Kier molecular flexibility index (Phi) is 5.37. The number of anilines is 1. The number of para-hydroxylation sites is 1. The largest absolute Gasteiger partial charge is 0.493 e. The van der Waals surface area contributed by atoms with Gasteiger partial charge in [0.25, 0.3) is 11.8 Å². The first-order chi connectivity index (χ1) is 12.9. The molecule has 0 radical (unpaired) electrons. The lowest BCUT2D eigenvalue weighted by Crippen LogP contribution is -2.54. The normalized spacial score (nSPS) is 15.9. The van der Waals surface area contributed by atoms with E-state index in [4.69, 9.17) is 17.0 Å². The third-order valence-corrected chi connectivity index (χ3v) is 4.72. The molecule has 0 spiro atoms. The number of rotatable bonds is 4. The Labute approximate surface area is 163 Å². The summed E-state index contributed by atoms with van der Waals surface area (Å²) < 4.78 is 5.59. The molecule has 1 aliphatic heterocycles. The lowest BCUT2D eigenvalue weighted by Gasteiger charge is -2.30. The van der Waals surface area contributed by atoms with Gasteiger partial charge in [0.1, 0.15) is 11.3 Å². The topological polar surface area (TPSA) is 58.6 Å². The Hall–Kier alpha value is -2.99. The molecule has 1 aliphatic rings. The lowest BCUT2D eigenvalue weighted by molar-refractivity contribution is -0.122. The first-order valence-corrected chi connectivity index (χ1v) is 9.04. The monoisotopic (exact) mass is 380 g/mol. The van der Waals surface area contributed by atoms with E-state index < -0.39 is 11.8 Å². The molecule has 5 nitrogen and oxygen atoms in total. The number of carbonyl (C=O) groups excluding carboxylic acids is 2. The predicted molar refractivity (Wildman–Crippen MR) is 110 cm³/mol. The van der Waals surface area contributed by atoms with E-state index in [1.165, 1.54) is 4.90 Å². The van der Waals surface area contributed by atoms with Crippen molar-refractivity contribution in [2.75, 3.05) is 11.5 Å². The number of carbonyl (C=O) groups is 2. The quantitative estimate of drug-likeness (QED) is 0.501. The van der Waals surface area contributed by atoms with Crippen LogP contribution < -0.4 is 15.0 Å². The third kappa shape index (κ3) is 3.61. The van der Waals surface area contributed by atoms with Crippen LogP contribution in [0.5, 0.6) is 5.75 Å². The Bertz CT molecular complexity index is 966. The molecule has 0 unspecified atom stereocenters. The van der Waals surface area contributed by atoms with E-state index in [0.717, 1.165) is 11.1 Å². The summed E-state index contributed by atoms with van der Waals surface area (Å²) in [6.45, 7) is 6.25. The molecule has 3 rings (SSSR count). The highest BCUT2D eigenvalue weighted by atomic mass is 32.1. The van der Waals surface area contributed by atoms with Gasteiger partial charge in [-0.05, 0) is 62.3 Å². The minimum atomic E-state index is -0.516. The second kappa shape index (κ2) is 7.72. The number of nitrogens with one attached hydrogen (secondary N) is 1. The maximum Gasteiger partial charge on any atom is 0.270 e. The van der Waals surface area contributed by atoms with Crippen molar-refractivity contribution in [2.45, 2.75) is 20.8 Å². The number of ether oxygens (including phenoxy) is 1. The van der Waals surface area contributed by atoms with Gasteiger partial charge < -0.3 is 4.74 Å². The van der Waals surface area contributed by atoms with Crippen LogP contribution in [0.15, 0.2) is 48.0 Å². The number of aryl methyl sites for hydroxylation is 1. The molecule has 138 valence electrons. The van der Waals surface area contributed by atoms with Gasteiger partial charge in [-0.3, -0.25) is 19.8 Å². The minimum absolute atomic E-state index is 0.0108. The van der Waals surface area contributed by atoms with Gasteiger partial charge in [-0.1, -0.05) is 30.3 Å². The van der Waals surface area contributed by atoms with Gasteiger partial charge in [-0.25, -0.2) is 0 Å². The zero-order chi connectivity index (χ0) is 19.6. The van der Waals surface area contributed by atoms with E-state index in [2.05, 4.69) is 5.32 Å². The van der Waals surface area contributed by atoms with Crippen molar-refractivity contribution in [3.63, 3.8) is 0 Å². The van der Waals surface area contributed by atoms with E-state index in [9.17, 15) is 9.59 Å². The second-order valence-electron chi connectivity index (χ2n) is 6.15. The fourth-order valence-corrected chi connectivity index (χ4v) is 3.17. The van der Waals surface area contributed by atoms with Crippen molar-refractivity contribution in [3.8, 4) is 5.75 Å². The van der Waals surface area contributed by atoms with Gasteiger partial charge in [0, 0.05) is 5.56 Å². The number of benzene rings is 2. The van der Waals surface area contributed by atoms with E-state index >= 15 is 0 Å². The third-order valence-electron chi connectivity index (χ3n) is 4.44. The molecule has 0 saturated carbocycles. The summed E-state index contributed by atoms with van der Waals surface area (Å²) in [5.41, 5.74) is 3.29. The van der Waals surface area contributed by atoms with Crippen LogP contribution in [0.2, 0.25) is 0 Å². The van der Waals surface area contributed by atoms with Crippen LogP contribution in [0.1, 0.15) is 23.6 Å². The highest BCUT2D eigenvalue weighted by Gasteiger charge is 2.35. The molecule has 0 atom stereocenters. The van der Waals surface area contributed by atoms with Gasteiger partial charge in [-0.15, -0.1) is 0 Å². The van der Waals surface area contributed by atoms with Gasteiger partial charge in [0.05, 0.1) is 12.3 Å². The Morgan fingerprint density at radius 2 is 1.85 bits per heavy atom. The summed E-state index contributed by atoms with van der Waals surface area (Å²) in [4.78, 5) is 27.0. The molecular formula is C21H20N2O3S. The molecule has 0 aromatic heterocycles. The van der Waals surface area contributed by atoms with Gasteiger partial charge >= 0.3 is 0 Å². The number of hydrogen-bond acceptors (Lipinski definition) is 4. The molecule has 2 aromatic rings. The summed E-state index contributed by atoms with van der Waals surface area (Å²) in [5, 5.41) is 2.69. The number of hydrogen-bond donors (Lipinski definition) is 1. The molecule has 0 aliphatic carbocycles. The van der Waals surface area contributed by atoms with E-state index in [1.54, 1.807) is 18.2 Å². The smallest absolute Gasteiger partial charge is 0.270 e. The van der Waals surface area contributed by atoms with Gasteiger partial charge in [0.2, 0.25) is 0 Å². The summed E-state index contributed by atoms with van der Waals surface area (Å²) in [6.07, 6.45) is 1.54. The summed E-state index contributed by atoms with van der Waals surface area (Å²) in [5.74, 6) is -0.360. The molecule has 1 saturated heterocycles. The average Bonchev–Trinajstić information content (AvgIpc) is 2.63. The van der Waals surface area contributed by atoms with Crippen LogP contribution >= 0.6 is 12.2 Å². The summed E-state index contributed by atoms with van der Waals surface area (Å²) in [6, 6.07) is 12.9. The van der Waals surface area contributed by atoms with Crippen molar-refractivity contribution in [3.05, 3.63) is 64.7 Å². The summed E-state index contributed by atoms with van der Waals surface area (Å²) in [7, 11) is 0. The van der Waals surface area contributed by atoms with Crippen LogP contribution in [-0.2, 0) is 9.59 Å². The van der Waals surface area contributed by atoms with E-state index in [-0.39, 0.29) is 10.7 Å². The zero-order valence-corrected chi connectivity index (χ0v) is 16.2. The molecule has 2 aromatic carbocycles. The molecule has 1 N–H and O–H groups in total. The molecular weight excluding hydrogens is 360 g/mol. The highest BCUT2D eigenvalue weighted by molar-refractivity contribution is 7.80. The van der Waals surface area contributed by atoms with Crippen molar-refractivity contribution in [1.29, 1.82) is 0 Å². The van der Waals surface area contributed by atoms with Crippen LogP contribution in [0.4, 0.5) is 5.69 Å². The number of amides is 2. The Morgan fingerprint density at radius 1 is 1.11 bits per heavy atom. The Morgan fingerprint density at radius 3 is 2.59 bits per heavy atom. The maximum absolute atomic E-state index is 13.2. The van der Waals surface area contributed by atoms with E-state index in [0.29, 0.717) is 23.6 Å². The average molecular weight is 380 g/mol. The lowest BCUT2D eigenvalue weighted by atomic mass is 10.0. The molecule has 6 heteroatoms. The predicted octanol–water partition coefficient (Wildman–Crippen LogP) is 3.53. The van der Waals surface area contributed by atoms with Crippen molar-refractivity contribution < 1.29 is 14.3 Å². The Balaban J connectivity index is 2.07. The highest BCUT2D eigenvalue weighted by Crippen LogP contribution is 2.28. The molecule has 0 bridgehead atoms. The molecule has 1 fully saturated rings. The second-order valence-corrected chi connectivity index (χ2v) is 6.53. The van der Waals surface area contributed by atoms with Crippen molar-refractivity contribution >= 4 is 40.9 Å². The first kappa shape index (κ1) is 18.8. The molecule has 1 heterocycles. The van der Waals surface area contributed by atoms with Crippen molar-refractivity contribution in [1.82, 2.24) is 5.32 Å². The first-order valence-electron chi connectivity index (χ1n) is 8.63. The molecule has 2 amide bonds. The number of nitrogens with zero attached hydrogens (tertiary/aromatic N) is 1. The minimum Gasteiger partial charge on any atom is -0.493 e. The summed E-state index contributed by atoms with van der Waals surface area (Å²) >= 11 is 5.27. The SMILES string of the molecule is CCOc1ccccc1/C=C1\C(=O)NC(=S)N(c2cccc(C)c2C)C1=O. The van der Waals surface area contributed by atoms with Crippen LogP contribution in [0.25, 0.3) is 6.08 Å². The van der Waals surface area contributed by atoms with Crippen LogP contribution in [0, 0.1) is 13.8 Å². The van der Waals surface area contributed by atoms with Crippen LogP contribution in [-0.4, -0.2) is 23.5 Å². The maximum atomic E-state index is 13.2. The van der Waals surface area contributed by atoms with Crippen LogP contribution in [0.3, 0.4) is 0 Å². The standard InChI is InChI=1S/C21H20N2O3S/c1-4-26-18-11-6-5-9-15(18)12-16-19(24)22-21(27)23(20(16)25)17-10-7-8-13(2)14(17)3/h5-12H,4H2,1-3H3,(H,22,24,27)/b16-12+. The van der Waals surface area contributed by atoms with Gasteiger partial charge in [-0.2, -0.15) is 0 Å². The zero-order valence-electron chi connectivity index (χ0n) is 15.4. The van der Waals surface area contributed by atoms with E-state index in [1.807, 2.05) is 51.1 Å². The fraction of sp³-hybridized carbons (Fsp3) is 0.190. The number of thiocarbonyl (C=S) groups is 1. The van der Waals surface area contributed by atoms with Crippen molar-refractivity contribution in [2.24, 2.45) is 0 Å².